The first-order valence-corrected chi connectivity index (χ1v) is 12.0. The van der Waals surface area contributed by atoms with Crippen molar-refractivity contribution in [1.29, 1.82) is 0 Å². The Balaban J connectivity index is 1.65. The number of nitrogens with zero attached hydrogens (tertiary/aromatic N) is 3. The molecule has 2 heterocycles. The minimum atomic E-state index is -4.47. The lowest BCUT2D eigenvalue weighted by Crippen LogP contribution is -2.22. The number of nitrogens with one attached hydrogen (secondary N) is 2. The Morgan fingerprint density at radius 1 is 0.886 bits per heavy atom. The SMILES string of the molecule is NS(=O)(=O)c1ccc(CNc2nc(NCC(F)(F)F)c3nc(-c4ccc(Cl)cc4)ccc3n2)cc1. The number of rotatable bonds is 7. The molecule has 0 atom stereocenters. The number of anilines is 2. The maximum Gasteiger partial charge on any atom is 0.405 e. The molecule has 0 aliphatic carbocycles. The second-order valence-corrected chi connectivity index (χ2v) is 9.48. The molecule has 4 rings (SSSR count). The van der Waals surface area contributed by atoms with E-state index < -0.39 is 22.7 Å². The molecule has 0 amide bonds. The van der Waals surface area contributed by atoms with Crippen molar-refractivity contribution in [2.75, 3.05) is 17.2 Å². The van der Waals surface area contributed by atoms with Gasteiger partial charge in [-0.1, -0.05) is 35.9 Å². The van der Waals surface area contributed by atoms with Gasteiger partial charge in [-0.2, -0.15) is 18.2 Å². The van der Waals surface area contributed by atoms with Gasteiger partial charge in [0.1, 0.15) is 12.1 Å². The van der Waals surface area contributed by atoms with Crippen LogP contribution in [0, 0.1) is 0 Å². The molecule has 0 spiro atoms. The van der Waals surface area contributed by atoms with Crippen LogP contribution in [-0.4, -0.2) is 36.1 Å². The van der Waals surface area contributed by atoms with Gasteiger partial charge in [-0.05, 0) is 42.0 Å². The molecule has 182 valence electrons. The Morgan fingerprint density at radius 3 is 2.20 bits per heavy atom. The van der Waals surface area contributed by atoms with Crippen LogP contribution in [0.3, 0.4) is 0 Å². The van der Waals surface area contributed by atoms with Gasteiger partial charge < -0.3 is 10.6 Å². The van der Waals surface area contributed by atoms with Crippen LogP contribution in [0.1, 0.15) is 5.56 Å². The first-order chi connectivity index (χ1) is 16.5. The third-order valence-corrected chi connectivity index (χ3v) is 6.02. The van der Waals surface area contributed by atoms with Gasteiger partial charge in [-0.15, -0.1) is 0 Å². The lowest BCUT2D eigenvalue weighted by molar-refractivity contribution is -0.115. The molecule has 4 aromatic rings. The number of fused-ring (bicyclic) bond motifs is 1. The van der Waals surface area contributed by atoms with Crippen molar-refractivity contribution in [3.05, 3.63) is 71.2 Å². The first-order valence-electron chi connectivity index (χ1n) is 10.1. The summed E-state index contributed by atoms with van der Waals surface area (Å²) in [5.41, 5.74) is 2.42. The fraction of sp³-hybridized carbons (Fsp3) is 0.136. The van der Waals surface area contributed by atoms with Crippen LogP contribution < -0.4 is 15.8 Å². The maximum atomic E-state index is 12.9. The smallest absolute Gasteiger partial charge is 0.359 e. The van der Waals surface area contributed by atoms with Crippen molar-refractivity contribution in [2.24, 2.45) is 5.14 Å². The molecule has 0 saturated carbocycles. The zero-order valence-electron chi connectivity index (χ0n) is 17.8. The highest BCUT2D eigenvalue weighted by molar-refractivity contribution is 7.89. The number of hydrogen-bond acceptors (Lipinski definition) is 7. The molecule has 2 aromatic heterocycles. The molecule has 0 saturated heterocycles. The normalized spacial score (nSPS) is 12.0. The topological polar surface area (TPSA) is 123 Å². The summed E-state index contributed by atoms with van der Waals surface area (Å²) in [6.45, 7) is -1.12. The number of halogens is 4. The molecule has 35 heavy (non-hydrogen) atoms. The zero-order valence-corrected chi connectivity index (χ0v) is 19.4. The average molecular weight is 523 g/mol. The summed E-state index contributed by atoms with van der Waals surface area (Å²) in [6.07, 6.45) is -4.47. The molecule has 0 aliphatic heterocycles. The van der Waals surface area contributed by atoms with Gasteiger partial charge in [-0.25, -0.2) is 23.5 Å². The fourth-order valence-corrected chi connectivity index (χ4v) is 3.80. The summed E-state index contributed by atoms with van der Waals surface area (Å²) in [4.78, 5) is 13.0. The number of hydrogen-bond donors (Lipinski definition) is 3. The van der Waals surface area contributed by atoms with Crippen LogP contribution in [0.4, 0.5) is 24.9 Å². The molecule has 13 heteroatoms. The lowest BCUT2D eigenvalue weighted by Gasteiger charge is -2.13. The monoisotopic (exact) mass is 522 g/mol. The lowest BCUT2D eigenvalue weighted by atomic mass is 10.1. The number of sulfonamides is 1. The van der Waals surface area contributed by atoms with Gasteiger partial charge in [0, 0.05) is 17.1 Å². The number of benzene rings is 2. The Kier molecular flexibility index (Phi) is 6.79. The quantitative estimate of drug-likeness (QED) is 0.324. The van der Waals surface area contributed by atoms with E-state index in [1.54, 1.807) is 48.5 Å². The zero-order chi connectivity index (χ0) is 25.2. The van der Waals surface area contributed by atoms with Gasteiger partial charge in [0.2, 0.25) is 16.0 Å². The van der Waals surface area contributed by atoms with Crippen molar-refractivity contribution in [3.8, 4) is 11.3 Å². The molecular weight excluding hydrogens is 505 g/mol. The second-order valence-electron chi connectivity index (χ2n) is 7.48. The van der Waals surface area contributed by atoms with Crippen molar-refractivity contribution in [2.45, 2.75) is 17.6 Å². The van der Waals surface area contributed by atoms with E-state index in [1.165, 1.54) is 12.1 Å². The van der Waals surface area contributed by atoms with Crippen molar-refractivity contribution >= 4 is 44.4 Å². The van der Waals surface area contributed by atoms with E-state index in [4.69, 9.17) is 16.7 Å². The van der Waals surface area contributed by atoms with Crippen LogP contribution >= 0.6 is 11.6 Å². The summed E-state index contributed by atoms with van der Waals surface area (Å²) >= 11 is 5.93. The van der Waals surface area contributed by atoms with Crippen molar-refractivity contribution in [3.63, 3.8) is 0 Å². The molecule has 0 bridgehead atoms. The third kappa shape index (κ3) is 6.35. The van der Waals surface area contributed by atoms with Gasteiger partial charge in [0.05, 0.1) is 16.1 Å². The Hall–Kier alpha value is -3.48. The minimum Gasteiger partial charge on any atom is -0.359 e. The summed E-state index contributed by atoms with van der Waals surface area (Å²) in [5.74, 6) is -0.0195. The number of nitrogens with two attached hydrogens (primary N) is 1. The Morgan fingerprint density at radius 2 is 1.57 bits per heavy atom. The molecule has 0 radical (unpaired) electrons. The van der Waals surface area contributed by atoms with Crippen molar-refractivity contribution in [1.82, 2.24) is 15.0 Å². The molecule has 0 fully saturated rings. The third-order valence-electron chi connectivity index (χ3n) is 4.84. The number of aromatic nitrogens is 3. The predicted octanol–water partition coefficient (Wildman–Crippen LogP) is 4.58. The van der Waals surface area contributed by atoms with Gasteiger partial charge >= 0.3 is 6.18 Å². The molecular formula is C22H18ClF3N6O2S. The Bertz CT molecular complexity index is 1460. The van der Waals surface area contributed by atoms with Crippen LogP contribution in [-0.2, 0) is 16.6 Å². The van der Waals surface area contributed by atoms with E-state index in [2.05, 4.69) is 25.6 Å². The van der Waals surface area contributed by atoms with E-state index in [1.807, 2.05) is 0 Å². The van der Waals surface area contributed by atoms with Crippen molar-refractivity contribution < 1.29 is 21.6 Å². The van der Waals surface area contributed by atoms with E-state index in [0.29, 0.717) is 21.8 Å². The van der Waals surface area contributed by atoms with E-state index in [-0.39, 0.29) is 28.7 Å². The van der Waals surface area contributed by atoms with Crippen LogP contribution in [0.15, 0.2) is 65.6 Å². The Labute approximate surface area is 203 Å². The average Bonchev–Trinajstić information content (AvgIpc) is 2.80. The fourth-order valence-electron chi connectivity index (χ4n) is 3.16. The molecule has 0 aliphatic rings. The first kappa shape index (κ1) is 24.6. The second kappa shape index (κ2) is 9.64. The van der Waals surface area contributed by atoms with Crippen LogP contribution in [0.2, 0.25) is 5.02 Å². The van der Waals surface area contributed by atoms with Crippen LogP contribution in [0.5, 0.6) is 0 Å². The summed E-state index contributed by atoms with van der Waals surface area (Å²) in [7, 11) is -3.82. The van der Waals surface area contributed by atoms with E-state index in [0.717, 1.165) is 5.56 Å². The van der Waals surface area contributed by atoms with Gasteiger partial charge in [0.15, 0.2) is 5.82 Å². The maximum absolute atomic E-state index is 12.9. The van der Waals surface area contributed by atoms with Gasteiger partial charge in [-0.3, -0.25) is 0 Å². The largest absolute Gasteiger partial charge is 0.405 e. The van der Waals surface area contributed by atoms with E-state index in [9.17, 15) is 21.6 Å². The highest BCUT2D eigenvalue weighted by Gasteiger charge is 2.27. The highest BCUT2D eigenvalue weighted by Crippen LogP contribution is 2.27. The number of primary sulfonamides is 1. The number of pyridine rings is 1. The standard InChI is InChI=1S/C22H18ClF3N6O2S/c23-15-5-3-14(4-6-15)17-9-10-18-19(30-17)20(29-12-22(24,25)26)32-21(31-18)28-11-13-1-7-16(8-2-13)35(27,33)34/h1-10H,11-12H2,(H2,27,33,34)(H2,28,29,31,32). The summed E-state index contributed by atoms with van der Waals surface area (Å²) < 4.78 is 61.5. The summed E-state index contributed by atoms with van der Waals surface area (Å²) in [5, 5.41) is 10.9. The van der Waals surface area contributed by atoms with Gasteiger partial charge in [0.25, 0.3) is 0 Å². The van der Waals surface area contributed by atoms with Crippen LogP contribution in [0.25, 0.3) is 22.3 Å². The molecule has 2 aromatic carbocycles. The van der Waals surface area contributed by atoms with E-state index >= 15 is 0 Å². The molecule has 0 unspecified atom stereocenters. The molecule has 8 nitrogen and oxygen atoms in total. The highest BCUT2D eigenvalue weighted by atomic mass is 35.5. The predicted molar refractivity (Wildman–Crippen MR) is 127 cm³/mol. The number of alkyl halides is 3. The minimum absolute atomic E-state index is 0.0376. The summed E-state index contributed by atoms with van der Waals surface area (Å²) in [6, 6.07) is 16.0. The molecule has 4 N–H and O–H groups in total.